The zero-order valence-corrected chi connectivity index (χ0v) is 10.2. The number of benzene rings is 1. The summed E-state index contributed by atoms with van der Waals surface area (Å²) in [6.07, 6.45) is -0.298. The Morgan fingerprint density at radius 1 is 1.40 bits per heavy atom. The number of aliphatic hydroxyl groups excluding tert-OH is 1. The number of halogens is 2. The van der Waals surface area contributed by atoms with Crippen LogP contribution in [0.15, 0.2) is 18.2 Å². The first-order valence-electron chi connectivity index (χ1n) is 4.76. The van der Waals surface area contributed by atoms with Gasteiger partial charge in [0, 0.05) is 22.7 Å². The molecule has 0 aliphatic heterocycles. The summed E-state index contributed by atoms with van der Waals surface area (Å²) < 4.78 is 5.16. The lowest BCUT2D eigenvalue weighted by Crippen LogP contribution is -2.20. The van der Waals surface area contributed by atoms with Crippen LogP contribution in [0.3, 0.4) is 0 Å². The molecular weight excluding hydrogens is 235 g/mol. The zero-order valence-electron chi connectivity index (χ0n) is 8.71. The van der Waals surface area contributed by atoms with Crippen molar-refractivity contribution in [1.29, 1.82) is 0 Å². The summed E-state index contributed by atoms with van der Waals surface area (Å²) in [6.45, 7) is 1.94. The maximum atomic E-state index is 10.0. The Morgan fingerprint density at radius 2 is 2.07 bits per heavy atom. The number of aliphatic hydroxyl groups is 1. The van der Waals surface area contributed by atoms with E-state index in [1.807, 2.05) is 6.92 Å². The van der Waals surface area contributed by atoms with Gasteiger partial charge in [-0.1, -0.05) is 30.1 Å². The number of methoxy groups -OCH3 is 1. The second-order valence-corrected chi connectivity index (χ2v) is 4.14. The van der Waals surface area contributed by atoms with Crippen LogP contribution in [0.4, 0.5) is 0 Å². The summed E-state index contributed by atoms with van der Waals surface area (Å²) in [4.78, 5) is 0. The van der Waals surface area contributed by atoms with Crippen LogP contribution in [-0.2, 0) is 4.74 Å². The van der Waals surface area contributed by atoms with Crippen LogP contribution in [0.25, 0.3) is 0 Å². The molecule has 1 aromatic carbocycles. The van der Waals surface area contributed by atoms with Crippen LogP contribution in [0, 0.1) is 0 Å². The number of hydrogen-bond acceptors (Lipinski definition) is 2. The van der Waals surface area contributed by atoms with Gasteiger partial charge in [-0.05, 0) is 24.6 Å². The minimum absolute atomic E-state index is 0.263. The molecule has 0 aliphatic rings. The Bertz CT molecular complexity index is 324. The van der Waals surface area contributed by atoms with Crippen molar-refractivity contribution in [1.82, 2.24) is 0 Å². The largest absolute Gasteiger partial charge is 0.386 e. The van der Waals surface area contributed by atoms with Crippen LogP contribution >= 0.6 is 23.2 Å². The fourth-order valence-corrected chi connectivity index (χ4v) is 1.87. The van der Waals surface area contributed by atoms with Crippen molar-refractivity contribution in [2.75, 3.05) is 7.11 Å². The third-order valence-electron chi connectivity index (χ3n) is 2.33. The van der Waals surface area contributed by atoms with Crippen molar-refractivity contribution in [2.45, 2.75) is 25.6 Å². The second kappa shape index (κ2) is 5.71. The summed E-state index contributed by atoms with van der Waals surface area (Å²) >= 11 is 11.8. The lowest BCUT2D eigenvalue weighted by molar-refractivity contribution is -0.0148. The smallest absolute Gasteiger partial charge is 0.107 e. The van der Waals surface area contributed by atoms with E-state index in [1.165, 1.54) is 0 Å². The van der Waals surface area contributed by atoms with E-state index in [4.69, 9.17) is 27.9 Å². The maximum Gasteiger partial charge on any atom is 0.107 e. The highest BCUT2D eigenvalue weighted by molar-refractivity contribution is 6.33. The van der Waals surface area contributed by atoms with Crippen molar-refractivity contribution >= 4 is 23.2 Å². The number of ether oxygens (including phenoxy) is 1. The van der Waals surface area contributed by atoms with E-state index >= 15 is 0 Å². The van der Waals surface area contributed by atoms with Gasteiger partial charge in [0.15, 0.2) is 0 Å². The Balaban J connectivity index is 2.98. The van der Waals surface area contributed by atoms with Gasteiger partial charge >= 0.3 is 0 Å². The predicted molar refractivity (Wildman–Crippen MR) is 62.5 cm³/mol. The SMILES string of the molecule is CCC(OC)C(O)c1cc(Cl)ccc1Cl. The first-order chi connectivity index (χ1) is 7.10. The van der Waals surface area contributed by atoms with Crippen LogP contribution in [0.5, 0.6) is 0 Å². The van der Waals surface area contributed by atoms with Crippen molar-refractivity contribution in [3.63, 3.8) is 0 Å². The highest BCUT2D eigenvalue weighted by Gasteiger charge is 2.21. The van der Waals surface area contributed by atoms with Crippen molar-refractivity contribution < 1.29 is 9.84 Å². The Labute approximate surface area is 99.8 Å². The van der Waals surface area contributed by atoms with Gasteiger partial charge in [0.1, 0.15) is 6.10 Å². The van der Waals surface area contributed by atoms with E-state index in [1.54, 1.807) is 25.3 Å². The molecule has 0 aromatic heterocycles. The second-order valence-electron chi connectivity index (χ2n) is 3.29. The van der Waals surface area contributed by atoms with Crippen molar-refractivity contribution in [2.24, 2.45) is 0 Å². The predicted octanol–water partition coefficient (Wildman–Crippen LogP) is 3.45. The molecule has 4 heteroatoms. The molecule has 0 aliphatic carbocycles. The molecule has 2 unspecified atom stereocenters. The first-order valence-corrected chi connectivity index (χ1v) is 5.51. The molecule has 2 nitrogen and oxygen atoms in total. The third-order valence-corrected chi connectivity index (χ3v) is 2.91. The van der Waals surface area contributed by atoms with Gasteiger partial charge in [-0.15, -0.1) is 0 Å². The summed E-state index contributed by atoms with van der Waals surface area (Å²) in [5.74, 6) is 0. The minimum Gasteiger partial charge on any atom is -0.386 e. The number of hydrogen-bond donors (Lipinski definition) is 1. The van der Waals surface area contributed by atoms with E-state index in [2.05, 4.69) is 0 Å². The van der Waals surface area contributed by atoms with Gasteiger partial charge in [-0.3, -0.25) is 0 Å². The van der Waals surface area contributed by atoms with E-state index in [-0.39, 0.29) is 6.10 Å². The van der Waals surface area contributed by atoms with E-state index in [0.717, 1.165) is 0 Å². The van der Waals surface area contributed by atoms with Crippen LogP contribution in [0.1, 0.15) is 25.0 Å². The molecule has 0 amide bonds. The van der Waals surface area contributed by atoms with Gasteiger partial charge in [-0.2, -0.15) is 0 Å². The summed E-state index contributed by atoms with van der Waals surface area (Å²) in [5.41, 5.74) is 0.609. The quantitative estimate of drug-likeness (QED) is 0.885. The lowest BCUT2D eigenvalue weighted by Gasteiger charge is -2.21. The van der Waals surface area contributed by atoms with E-state index < -0.39 is 6.10 Å². The molecule has 0 radical (unpaired) electrons. The molecular formula is C11H14Cl2O2. The molecule has 0 spiro atoms. The zero-order chi connectivity index (χ0) is 11.4. The molecule has 0 saturated carbocycles. The average molecular weight is 249 g/mol. The van der Waals surface area contributed by atoms with Crippen molar-refractivity contribution in [3.8, 4) is 0 Å². The fourth-order valence-electron chi connectivity index (χ4n) is 1.46. The molecule has 0 saturated heterocycles. The third kappa shape index (κ3) is 3.08. The van der Waals surface area contributed by atoms with Crippen LogP contribution in [0.2, 0.25) is 10.0 Å². The fraction of sp³-hybridized carbons (Fsp3) is 0.455. The lowest BCUT2D eigenvalue weighted by atomic mass is 10.0. The maximum absolute atomic E-state index is 10.0. The van der Waals surface area contributed by atoms with Gasteiger partial charge < -0.3 is 9.84 Å². The van der Waals surface area contributed by atoms with E-state index in [9.17, 15) is 5.11 Å². The number of rotatable bonds is 4. The standard InChI is InChI=1S/C11H14Cl2O2/c1-3-10(15-2)11(14)8-6-7(12)4-5-9(8)13/h4-6,10-11,14H,3H2,1-2H3. The highest BCUT2D eigenvalue weighted by Crippen LogP contribution is 2.29. The average Bonchev–Trinajstić information content (AvgIpc) is 2.23. The van der Waals surface area contributed by atoms with Gasteiger partial charge in [0.25, 0.3) is 0 Å². The van der Waals surface area contributed by atoms with Gasteiger partial charge in [0.05, 0.1) is 6.10 Å². The Kier molecular flexibility index (Phi) is 4.87. The van der Waals surface area contributed by atoms with Crippen LogP contribution in [-0.4, -0.2) is 18.3 Å². The molecule has 84 valence electrons. The molecule has 15 heavy (non-hydrogen) atoms. The molecule has 0 bridgehead atoms. The highest BCUT2D eigenvalue weighted by atomic mass is 35.5. The van der Waals surface area contributed by atoms with Crippen molar-refractivity contribution in [3.05, 3.63) is 33.8 Å². The molecule has 1 rings (SSSR count). The molecule has 0 fully saturated rings. The molecule has 1 N–H and O–H groups in total. The normalized spacial score (nSPS) is 15.0. The van der Waals surface area contributed by atoms with Gasteiger partial charge in [-0.25, -0.2) is 0 Å². The molecule has 2 atom stereocenters. The summed E-state index contributed by atoms with van der Waals surface area (Å²) in [7, 11) is 1.57. The first kappa shape index (κ1) is 12.8. The molecule has 0 heterocycles. The topological polar surface area (TPSA) is 29.5 Å². The summed E-state index contributed by atoms with van der Waals surface area (Å²) in [5, 5.41) is 11.1. The van der Waals surface area contributed by atoms with Gasteiger partial charge in [0.2, 0.25) is 0 Å². The van der Waals surface area contributed by atoms with E-state index in [0.29, 0.717) is 22.0 Å². The Hall–Kier alpha value is -0.280. The Morgan fingerprint density at radius 3 is 2.60 bits per heavy atom. The summed E-state index contributed by atoms with van der Waals surface area (Å²) in [6, 6.07) is 5.02. The molecule has 1 aromatic rings. The van der Waals surface area contributed by atoms with Crippen LogP contribution < -0.4 is 0 Å². The monoisotopic (exact) mass is 248 g/mol. The minimum atomic E-state index is -0.744.